The predicted molar refractivity (Wildman–Crippen MR) is 100 cm³/mol. The number of sulfone groups is 1. The molecule has 1 aliphatic rings. The van der Waals surface area contributed by atoms with Crippen molar-refractivity contribution in [1.29, 1.82) is 0 Å². The Balaban J connectivity index is 2.08. The molecule has 2 N–H and O–H groups in total. The van der Waals surface area contributed by atoms with Crippen LogP contribution in [-0.4, -0.2) is 44.3 Å². The minimum Gasteiger partial charge on any atom is -0.352 e. The van der Waals surface area contributed by atoms with Gasteiger partial charge in [-0.3, -0.25) is 9.59 Å². The molecule has 138 valence electrons. The third-order valence-corrected chi connectivity index (χ3v) is 5.89. The lowest BCUT2D eigenvalue weighted by atomic mass is 10.1. The van der Waals surface area contributed by atoms with Crippen molar-refractivity contribution < 1.29 is 18.0 Å². The summed E-state index contributed by atoms with van der Waals surface area (Å²) in [6.45, 7) is 0. The van der Waals surface area contributed by atoms with Crippen LogP contribution in [0.3, 0.4) is 0 Å². The average Bonchev–Trinajstić information content (AvgIpc) is 3.03. The minimum absolute atomic E-state index is 0.0492. The van der Waals surface area contributed by atoms with Crippen molar-refractivity contribution in [2.45, 2.75) is 44.2 Å². The molecule has 0 aromatic heterocycles. The van der Waals surface area contributed by atoms with E-state index < -0.39 is 21.8 Å². The molecule has 1 aliphatic carbocycles. The largest absolute Gasteiger partial charge is 0.352 e. The Morgan fingerprint density at radius 3 is 2.48 bits per heavy atom. The van der Waals surface area contributed by atoms with E-state index in [0.717, 1.165) is 31.9 Å². The Labute approximate surface area is 156 Å². The summed E-state index contributed by atoms with van der Waals surface area (Å²) in [4.78, 5) is 25.0. The fourth-order valence-electron chi connectivity index (χ4n) is 2.85. The van der Waals surface area contributed by atoms with Crippen LogP contribution in [0.25, 0.3) is 0 Å². The van der Waals surface area contributed by atoms with E-state index in [-0.39, 0.29) is 24.1 Å². The van der Waals surface area contributed by atoms with E-state index in [2.05, 4.69) is 26.6 Å². The van der Waals surface area contributed by atoms with Gasteiger partial charge in [-0.05, 0) is 47.3 Å². The molecule has 1 aromatic rings. The number of amides is 2. The van der Waals surface area contributed by atoms with Crippen LogP contribution < -0.4 is 10.6 Å². The molecular weight excluding hydrogens is 408 g/mol. The van der Waals surface area contributed by atoms with Gasteiger partial charge in [0.05, 0.1) is 11.3 Å². The molecule has 1 atom stereocenters. The first-order valence-electron chi connectivity index (χ1n) is 8.30. The summed E-state index contributed by atoms with van der Waals surface area (Å²) in [7, 11) is -3.23. The van der Waals surface area contributed by atoms with Gasteiger partial charge in [0.2, 0.25) is 5.91 Å². The maximum Gasteiger partial charge on any atom is 0.253 e. The Hall–Kier alpha value is -1.41. The maximum absolute atomic E-state index is 12.5. The van der Waals surface area contributed by atoms with Crippen molar-refractivity contribution >= 4 is 37.6 Å². The number of carbonyl (C=O) groups is 2. The molecule has 1 saturated carbocycles. The lowest BCUT2D eigenvalue weighted by Gasteiger charge is -2.21. The summed E-state index contributed by atoms with van der Waals surface area (Å²) in [5.74, 6) is -0.894. The van der Waals surface area contributed by atoms with E-state index in [1.165, 1.54) is 0 Å². The first-order chi connectivity index (χ1) is 11.8. The van der Waals surface area contributed by atoms with Gasteiger partial charge < -0.3 is 10.6 Å². The molecular formula is C17H23BrN2O4S. The Kier molecular flexibility index (Phi) is 7.01. The van der Waals surface area contributed by atoms with Crippen LogP contribution in [0.5, 0.6) is 0 Å². The molecule has 8 heteroatoms. The second-order valence-electron chi connectivity index (χ2n) is 6.41. The maximum atomic E-state index is 12.5. The van der Waals surface area contributed by atoms with Gasteiger partial charge in [-0.15, -0.1) is 0 Å². The van der Waals surface area contributed by atoms with Crippen molar-refractivity contribution in [1.82, 2.24) is 10.6 Å². The fourth-order valence-corrected chi connectivity index (χ4v) is 3.98. The highest BCUT2D eigenvalue weighted by molar-refractivity contribution is 9.10. The highest BCUT2D eigenvalue weighted by Gasteiger charge is 2.26. The van der Waals surface area contributed by atoms with Crippen LogP contribution >= 0.6 is 15.9 Å². The normalized spacial score (nSPS) is 16.4. The highest BCUT2D eigenvalue weighted by Crippen LogP contribution is 2.18. The van der Waals surface area contributed by atoms with Crippen molar-refractivity contribution in [3.05, 3.63) is 34.3 Å². The standard InChI is InChI=1S/C17H23BrN2O4S/c1-25(23,24)11-10-15(17(22)19-12-6-2-3-7-12)20-16(21)13-8-4-5-9-14(13)18/h4-5,8-9,12,15H,2-3,6-7,10-11H2,1H3,(H,19,22)(H,20,21)/t15-/m1/s1. The Morgan fingerprint density at radius 2 is 1.88 bits per heavy atom. The van der Waals surface area contributed by atoms with Gasteiger partial charge in [-0.25, -0.2) is 8.42 Å². The molecule has 25 heavy (non-hydrogen) atoms. The van der Waals surface area contributed by atoms with Crippen LogP contribution in [0.1, 0.15) is 42.5 Å². The third kappa shape index (κ3) is 6.43. The summed E-state index contributed by atoms with van der Waals surface area (Å²) < 4.78 is 23.5. The SMILES string of the molecule is CS(=O)(=O)CC[C@@H](NC(=O)c1ccccc1Br)C(=O)NC1CCCC1. The molecule has 0 radical (unpaired) electrons. The number of nitrogens with one attached hydrogen (secondary N) is 2. The molecule has 0 unspecified atom stereocenters. The molecule has 0 heterocycles. The summed E-state index contributed by atoms with van der Waals surface area (Å²) >= 11 is 3.31. The van der Waals surface area contributed by atoms with Crippen molar-refractivity contribution in [2.75, 3.05) is 12.0 Å². The lowest BCUT2D eigenvalue weighted by Crippen LogP contribution is -2.49. The number of hydrogen-bond acceptors (Lipinski definition) is 4. The van der Waals surface area contributed by atoms with Crippen molar-refractivity contribution in [3.8, 4) is 0 Å². The van der Waals surface area contributed by atoms with E-state index in [0.29, 0.717) is 10.0 Å². The molecule has 6 nitrogen and oxygen atoms in total. The van der Waals surface area contributed by atoms with E-state index >= 15 is 0 Å². The number of hydrogen-bond donors (Lipinski definition) is 2. The van der Waals surface area contributed by atoms with E-state index in [1.807, 2.05) is 0 Å². The molecule has 0 bridgehead atoms. The number of carbonyl (C=O) groups excluding carboxylic acids is 2. The van der Waals surface area contributed by atoms with Crippen molar-refractivity contribution in [2.24, 2.45) is 0 Å². The third-order valence-electron chi connectivity index (χ3n) is 4.22. The molecule has 1 fully saturated rings. The Morgan fingerprint density at radius 1 is 1.24 bits per heavy atom. The summed E-state index contributed by atoms with van der Waals surface area (Å²) in [5, 5.41) is 5.60. The van der Waals surface area contributed by atoms with Crippen molar-refractivity contribution in [3.63, 3.8) is 0 Å². The topological polar surface area (TPSA) is 92.3 Å². The molecule has 0 aliphatic heterocycles. The smallest absolute Gasteiger partial charge is 0.253 e. The number of halogens is 1. The van der Waals surface area contributed by atoms with Gasteiger partial charge in [0.25, 0.3) is 5.91 Å². The van der Waals surface area contributed by atoms with Gasteiger partial charge in [-0.1, -0.05) is 25.0 Å². The molecule has 0 saturated heterocycles. The minimum atomic E-state index is -3.23. The van der Waals surface area contributed by atoms with Crippen LogP contribution in [-0.2, 0) is 14.6 Å². The molecule has 1 aromatic carbocycles. The first-order valence-corrected chi connectivity index (χ1v) is 11.1. The predicted octanol–water partition coefficient (Wildman–Crippen LogP) is 2.04. The van der Waals surface area contributed by atoms with Crippen LogP contribution in [0.15, 0.2) is 28.7 Å². The average molecular weight is 431 g/mol. The zero-order chi connectivity index (χ0) is 18.4. The summed E-state index contributed by atoms with van der Waals surface area (Å²) in [6.07, 6.45) is 5.15. The molecule has 2 rings (SSSR count). The van der Waals surface area contributed by atoms with Gasteiger partial charge in [0.15, 0.2) is 0 Å². The van der Waals surface area contributed by atoms with Gasteiger partial charge in [0, 0.05) is 16.8 Å². The molecule has 0 spiro atoms. The lowest BCUT2D eigenvalue weighted by molar-refractivity contribution is -0.123. The monoisotopic (exact) mass is 430 g/mol. The Bertz CT molecular complexity index is 730. The van der Waals surface area contributed by atoms with E-state index in [4.69, 9.17) is 0 Å². The number of rotatable bonds is 7. The van der Waals surface area contributed by atoms with Crippen LogP contribution in [0.4, 0.5) is 0 Å². The molecule has 2 amide bonds. The summed E-state index contributed by atoms with van der Waals surface area (Å²) in [6, 6.07) is 6.11. The second-order valence-corrected chi connectivity index (χ2v) is 9.53. The summed E-state index contributed by atoms with van der Waals surface area (Å²) in [5.41, 5.74) is 0.403. The second kappa shape index (κ2) is 8.80. The zero-order valence-electron chi connectivity index (χ0n) is 14.1. The quantitative estimate of drug-likeness (QED) is 0.691. The zero-order valence-corrected chi connectivity index (χ0v) is 16.5. The fraction of sp³-hybridized carbons (Fsp3) is 0.529. The van der Waals surface area contributed by atoms with Crippen LogP contribution in [0, 0.1) is 0 Å². The first kappa shape index (κ1) is 19.9. The van der Waals surface area contributed by atoms with Gasteiger partial charge in [-0.2, -0.15) is 0 Å². The van der Waals surface area contributed by atoms with E-state index in [9.17, 15) is 18.0 Å². The van der Waals surface area contributed by atoms with Gasteiger partial charge in [0.1, 0.15) is 15.9 Å². The highest BCUT2D eigenvalue weighted by atomic mass is 79.9. The van der Waals surface area contributed by atoms with Gasteiger partial charge >= 0.3 is 0 Å². The number of benzene rings is 1. The van der Waals surface area contributed by atoms with E-state index in [1.54, 1.807) is 24.3 Å². The van der Waals surface area contributed by atoms with Crippen LogP contribution in [0.2, 0.25) is 0 Å².